The highest BCUT2D eigenvalue weighted by atomic mass is 79.9. The van der Waals surface area contributed by atoms with Crippen LogP contribution >= 0.6 is 27.3 Å². The Morgan fingerprint density at radius 1 is 1.09 bits per heavy atom. The molecule has 0 aliphatic heterocycles. The second-order valence-electron chi connectivity index (χ2n) is 4.86. The van der Waals surface area contributed by atoms with E-state index in [9.17, 15) is 4.79 Å². The Bertz CT molecular complexity index is 794. The molecule has 0 spiro atoms. The van der Waals surface area contributed by atoms with Crippen LogP contribution in [0.5, 0.6) is 0 Å². The van der Waals surface area contributed by atoms with Crippen molar-refractivity contribution in [2.45, 2.75) is 6.92 Å². The standard InChI is InChI=1S/C17H13BrN2OS/c1-11-2-4-12(5-3-11)15-10-22-17(19-15)20-16(21)13-6-8-14(18)9-7-13/h2-10H,1H3,(H,19,20,21). The lowest BCUT2D eigenvalue weighted by atomic mass is 10.1. The highest BCUT2D eigenvalue weighted by molar-refractivity contribution is 9.10. The highest BCUT2D eigenvalue weighted by Gasteiger charge is 2.09. The molecule has 0 saturated heterocycles. The molecule has 0 fully saturated rings. The lowest BCUT2D eigenvalue weighted by molar-refractivity contribution is 0.102. The number of nitrogens with zero attached hydrogens (tertiary/aromatic N) is 1. The summed E-state index contributed by atoms with van der Waals surface area (Å²) in [4.78, 5) is 16.6. The maximum Gasteiger partial charge on any atom is 0.257 e. The van der Waals surface area contributed by atoms with Crippen molar-refractivity contribution in [3.63, 3.8) is 0 Å². The van der Waals surface area contributed by atoms with Gasteiger partial charge < -0.3 is 0 Å². The number of hydrogen-bond acceptors (Lipinski definition) is 3. The molecular weight excluding hydrogens is 360 g/mol. The molecule has 3 nitrogen and oxygen atoms in total. The number of benzene rings is 2. The van der Waals surface area contributed by atoms with Crippen LogP contribution in [0.3, 0.4) is 0 Å². The Morgan fingerprint density at radius 2 is 1.77 bits per heavy atom. The first-order chi connectivity index (χ1) is 10.6. The van der Waals surface area contributed by atoms with E-state index in [2.05, 4.69) is 45.3 Å². The van der Waals surface area contributed by atoms with Crippen LogP contribution in [0.2, 0.25) is 0 Å². The molecule has 22 heavy (non-hydrogen) atoms. The van der Waals surface area contributed by atoms with Gasteiger partial charge in [-0.3, -0.25) is 10.1 Å². The molecule has 1 amide bonds. The molecule has 0 aliphatic carbocycles. The number of anilines is 1. The zero-order valence-electron chi connectivity index (χ0n) is 11.8. The van der Waals surface area contributed by atoms with Gasteiger partial charge in [0.15, 0.2) is 5.13 Å². The monoisotopic (exact) mass is 372 g/mol. The topological polar surface area (TPSA) is 42.0 Å². The number of halogens is 1. The van der Waals surface area contributed by atoms with E-state index in [0.717, 1.165) is 15.7 Å². The summed E-state index contributed by atoms with van der Waals surface area (Å²) in [6.45, 7) is 2.05. The van der Waals surface area contributed by atoms with Gasteiger partial charge in [-0.15, -0.1) is 11.3 Å². The number of aryl methyl sites for hydroxylation is 1. The number of thiazole rings is 1. The number of aromatic nitrogens is 1. The lowest BCUT2D eigenvalue weighted by Crippen LogP contribution is -2.11. The molecule has 0 bridgehead atoms. The Morgan fingerprint density at radius 3 is 2.45 bits per heavy atom. The zero-order chi connectivity index (χ0) is 15.5. The van der Waals surface area contributed by atoms with Crippen molar-refractivity contribution in [2.75, 3.05) is 5.32 Å². The molecule has 1 N–H and O–H groups in total. The van der Waals surface area contributed by atoms with E-state index < -0.39 is 0 Å². The number of carbonyl (C=O) groups excluding carboxylic acids is 1. The van der Waals surface area contributed by atoms with E-state index in [-0.39, 0.29) is 5.91 Å². The molecule has 0 aliphatic rings. The number of rotatable bonds is 3. The van der Waals surface area contributed by atoms with Gasteiger partial charge in [0.2, 0.25) is 0 Å². The van der Waals surface area contributed by atoms with E-state index in [0.29, 0.717) is 10.7 Å². The molecule has 3 rings (SSSR count). The fourth-order valence-electron chi connectivity index (χ4n) is 1.96. The number of amides is 1. The number of nitrogens with one attached hydrogen (secondary N) is 1. The van der Waals surface area contributed by atoms with E-state index in [1.54, 1.807) is 12.1 Å². The van der Waals surface area contributed by atoms with Crippen LogP contribution < -0.4 is 5.32 Å². The third-order valence-electron chi connectivity index (χ3n) is 3.18. The second-order valence-corrected chi connectivity index (χ2v) is 6.64. The Labute approximate surface area is 141 Å². The maximum atomic E-state index is 12.2. The van der Waals surface area contributed by atoms with Crippen molar-refractivity contribution in [1.29, 1.82) is 0 Å². The quantitative estimate of drug-likeness (QED) is 0.691. The molecule has 3 aromatic rings. The smallest absolute Gasteiger partial charge is 0.257 e. The van der Waals surface area contributed by atoms with Crippen molar-refractivity contribution >= 4 is 38.3 Å². The molecule has 0 saturated carbocycles. The van der Waals surface area contributed by atoms with E-state index in [4.69, 9.17) is 0 Å². The summed E-state index contributed by atoms with van der Waals surface area (Å²) in [6, 6.07) is 15.4. The summed E-state index contributed by atoms with van der Waals surface area (Å²) >= 11 is 4.78. The predicted molar refractivity (Wildman–Crippen MR) is 94.4 cm³/mol. The van der Waals surface area contributed by atoms with Gasteiger partial charge in [0, 0.05) is 21.0 Å². The molecule has 0 unspecified atom stereocenters. The van der Waals surface area contributed by atoms with Crippen LogP contribution in [0.1, 0.15) is 15.9 Å². The summed E-state index contributed by atoms with van der Waals surface area (Å²) in [5, 5.41) is 5.38. The first kappa shape index (κ1) is 14.9. The normalized spacial score (nSPS) is 10.5. The van der Waals surface area contributed by atoms with Gasteiger partial charge in [0.05, 0.1) is 5.69 Å². The van der Waals surface area contributed by atoms with Crippen LogP contribution in [0, 0.1) is 6.92 Å². The fourth-order valence-corrected chi connectivity index (χ4v) is 2.94. The third-order valence-corrected chi connectivity index (χ3v) is 4.46. The molecule has 0 atom stereocenters. The second kappa shape index (κ2) is 6.42. The van der Waals surface area contributed by atoms with Crippen LogP contribution in [-0.2, 0) is 0 Å². The lowest BCUT2D eigenvalue weighted by Gasteiger charge is -2.01. The van der Waals surface area contributed by atoms with Gasteiger partial charge in [-0.25, -0.2) is 4.98 Å². The van der Waals surface area contributed by atoms with Gasteiger partial charge in [0.25, 0.3) is 5.91 Å². The summed E-state index contributed by atoms with van der Waals surface area (Å²) in [5.41, 5.74) is 3.74. The summed E-state index contributed by atoms with van der Waals surface area (Å²) < 4.78 is 0.944. The predicted octanol–water partition coefficient (Wildman–Crippen LogP) is 5.13. The van der Waals surface area contributed by atoms with Gasteiger partial charge >= 0.3 is 0 Å². The minimum absolute atomic E-state index is 0.155. The average molecular weight is 373 g/mol. The maximum absolute atomic E-state index is 12.2. The molecular formula is C17H13BrN2OS. The van der Waals surface area contributed by atoms with E-state index in [1.165, 1.54) is 16.9 Å². The molecule has 0 radical (unpaired) electrons. The SMILES string of the molecule is Cc1ccc(-c2csc(NC(=O)c3ccc(Br)cc3)n2)cc1. The van der Waals surface area contributed by atoms with Crippen LogP contribution in [-0.4, -0.2) is 10.9 Å². The molecule has 1 aromatic heterocycles. The van der Waals surface area contributed by atoms with Crippen molar-refractivity contribution in [1.82, 2.24) is 4.98 Å². The Kier molecular flexibility index (Phi) is 4.36. The van der Waals surface area contributed by atoms with Crippen molar-refractivity contribution < 1.29 is 4.79 Å². The Hall–Kier alpha value is -1.98. The molecule has 110 valence electrons. The largest absolute Gasteiger partial charge is 0.298 e. The van der Waals surface area contributed by atoms with Crippen LogP contribution in [0.25, 0.3) is 11.3 Å². The zero-order valence-corrected chi connectivity index (χ0v) is 14.2. The molecule has 5 heteroatoms. The van der Waals surface area contributed by atoms with Gasteiger partial charge in [0.1, 0.15) is 0 Å². The van der Waals surface area contributed by atoms with E-state index in [1.807, 2.05) is 29.6 Å². The summed E-state index contributed by atoms with van der Waals surface area (Å²) in [6.07, 6.45) is 0. The highest BCUT2D eigenvalue weighted by Crippen LogP contribution is 2.25. The number of carbonyl (C=O) groups is 1. The fraction of sp³-hybridized carbons (Fsp3) is 0.0588. The summed E-state index contributed by atoms with van der Waals surface area (Å²) in [5.74, 6) is -0.155. The first-order valence-electron chi connectivity index (χ1n) is 6.71. The van der Waals surface area contributed by atoms with Crippen molar-refractivity contribution in [2.24, 2.45) is 0 Å². The average Bonchev–Trinajstić information content (AvgIpc) is 2.97. The van der Waals surface area contributed by atoms with Gasteiger partial charge in [-0.1, -0.05) is 45.8 Å². The summed E-state index contributed by atoms with van der Waals surface area (Å²) in [7, 11) is 0. The first-order valence-corrected chi connectivity index (χ1v) is 8.38. The third kappa shape index (κ3) is 3.43. The van der Waals surface area contributed by atoms with Crippen molar-refractivity contribution in [3.05, 3.63) is 69.5 Å². The van der Waals surface area contributed by atoms with Crippen LogP contribution in [0.15, 0.2) is 58.4 Å². The minimum atomic E-state index is -0.155. The van der Waals surface area contributed by atoms with Gasteiger partial charge in [-0.05, 0) is 31.2 Å². The minimum Gasteiger partial charge on any atom is -0.298 e. The van der Waals surface area contributed by atoms with Crippen LogP contribution in [0.4, 0.5) is 5.13 Å². The number of hydrogen-bond donors (Lipinski definition) is 1. The Balaban J connectivity index is 1.75. The van der Waals surface area contributed by atoms with Gasteiger partial charge in [-0.2, -0.15) is 0 Å². The van der Waals surface area contributed by atoms with E-state index >= 15 is 0 Å². The van der Waals surface area contributed by atoms with Crippen molar-refractivity contribution in [3.8, 4) is 11.3 Å². The molecule has 2 aromatic carbocycles. The molecule has 1 heterocycles.